The lowest BCUT2D eigenvalue weighted by Gasteiger charge is -2.60. The molecule has 4 nitrogen and oxygen atoms in total. The number of Topliss-reactive ketones (excluding diaryl/α,β-unsaturated/α-hetero) is 2. The maximum absolute atomic E-state index is 12.4. The van der Waals surface area contributed by atoms with E-state index in [0.717, 1.165) is 19.3 Å². The lowest BCUT2D eigenvalue weighted by atomic mass is 9.48. The molecule has 1 aliphatic heterocycles. The molecule has 0 aromatic carbocycles. The highest BCUT2D eigenvalue weighted by atomic mass is 16.3. The second-order valence-electron chi connectivity index (χ2n) is 8.60. The largest absolute Gasteiger partial charge is 0.393 e. The minimum Gasteiger partial charge on any atom is -0.393 e. The van der Waals surface area contributed by atoms with Crippen LogP contribution in [0.5, 0.6) is 0 Å². The van der Waals surface area contributed by atoms with Crippen LogP contribution >= 0.6 is 0 Å². The van der Waals surface area contributed by atoms with Crippen LogP contribution in [0.2, 0.25) is 0 Å². The van der Waals surface area contributed by atoms with Crippen molar-refractivity contribution < 1.29 is 14.7 Å². The summed E-state index contributed by atoms with van der Waals surface area (Å²) in [6, 6.07) is 0. The van der Waals surface area contributed by atoms with Gasteiger partial charge < -0.3 is 10.4 Å². The molecule has 7 unspecified atom stereocenters. The normalized spacial score (nSPS) is 54.6. The third kappa shape index (κ3) is 1.77. The van der Waals surface area contributed by atoms with Crippen molar-refractivity contribution in [2.45, 2.75) is 64.0 Å². The Hall–Kier alpha value is -0.740. The number of fused-ring (bicyclic) bond motifs is 5. The van der Waals surface area contributed by atoms with Gasteiger partial charge in [0.25, 0.3) is 0 Å². The molecule has 1 saturated heterocycles. The summed E-state index contributed by atoms with van der Waals surface area (Å²) in [7, 11) is 0. The summed E-state index contributed by atoms with van der Waals surface area (Å²) in [6.45, 7) is 4.73. The van der Waals surface area contributed by atoms with E-state index in [-0.39, 0.29) is 16.9 Å². The molecule has 0 aromatic heterocycles. The molecular weight excluding hydrogens is 278 g/mol. The number of hydrogen-bond acceptors (Lipinski definition) is 4. The molecule has 22 heavy (non-hydrogen) atoms. The fourth-order valence-electron chi connectivity index (χ4n) is 6.55. The minimum atomic E-state index is -0.429. The highest BCUT2D eigenvalue weighted by Gasteiger charge is 2.63. The second kappa shape index (κ2) is 4.64. The molecule has 1 heterocycles. The predicted molar refractivity (Wildman–Crippen MR) is 82.2 cm³/mol. The zero-order valence-electron chi connectivity index (χ0n) is 13.6. The molecule has 0 amide bonds. The first-order valence-electron chi connectivity index (χ1n) is 8.84. The van der Waals surface area contributed by atoms with E-state index >= 15 is 0 Å². The maximum Gasteiger partial charge on any atom is 0.146 e. The van der Waals surface area contributed by atoms with Crippen LogP contribution in [0.4, 0.5) is 0 Å². The molecule has 4 rings (SSSR count). The summed E-state index contributed by atoms with van der Waals surface area (Å²) in [5.74, 6) is 2.02. The van der Waals surface area contributed by atoms with Gasteiger partial charge >= 0.3 is 0 Å². The summed E-state index contributed by atoms with van der Waals surface area (Å²) in [5.41, 5.74) is -0.461. The molecule has 3 aliphatic carbocycles. The maximum atomic E-state index is 12.4. The number of ketones is 2. The Bertz CT molecular complexity index is 532. The molecule has 0 aromatic rings. The number of aliphatic hydroxyl groups is 1. The monoisotopic (exact) mass is 305 g/mol. The minimum absolute atomic E-state index is 0.150. The van der Waals surface area contributed by atoms with Gasteiger partial charge in [0.05, 0.1) is 12.6 Å². The molecule has 0 bridgehead atoms. The van der Waals surface area contributed by atoms with Crippen molar-refractivity contribution in [3.63, 3.8) is 0 Å². The van der Waals surface area contributed by atoms with Gasteiger partial charge in [-0.3, -0.25) is 9.59 Å². The van der Waals surface area contributed by atoms with Gasteiger partial charge in [-0.2, -0.15) is 0 Å². The van der Waals surface area contributed by atoms with Crippen LogP contribution in [-0.2, 0) is 9.59 Å². The fraction of sp³-hybridized carbons (Fsp3) is 0.889. The Morgan fingerprint density at radius 2 is 1.95 bits per heavy atom. The van der Waals surface area contributed by atoms with Crippen molar-refractivity contribution in [2.24, 2.45) is 29.1 Å². The van der Waals surface area contributed by atoms with E-state index in [1.807, 2.05) is 0 Å². The zero-order valence-corrected chi connectivity index (χ0v) is 13.6. The third-order valence-electron chi connectivity index (χ3n) is 7.69. The van der Waals surface area contributed by atoms with Gasteiger partial charge in [-0.15, -0.1) is 0 Å². The number of piperidine rings is 1. The molecule has 2 N–H and O–H groups in total. The Balaban J connectivity index is 1.70. The summed E-state index contributed by atoms with van der Waals surface area (Å²) >= 11 is 0. The van der Waals surface area contributed by atoms with E-state index in [4.69, 9.17) is 0 Å². The molecule has 122 valence electrons. The highest BCUT2D eigenvalue weighted by Crippen LogP contribution is 2.61. The first-order chi connectivity index (χ1) is 10.4. The number of rotatable bonds is 0. The smallest absolute Gasteiger partial charge is 0.146 e. The molecule has 7 atom stereocenters. The standard InChI is InChI=1S/C18H27NO3/c1-17-8-14(21)16-12(13(17)5-6-15(17)22)4-3-10-7-11(20)9-19-18(10,16)2/h10,12-14,16,19,21H,3-9H2,1-2H3. The highest BCUT2D eigenvalue weighted by molar-refractivity contribution is 5.87. The molecular formula is C18H27NO3. The van der Waals surface area contributed by atoms with Crippen LogP contribution in [0.3, 0.4) is 0 Å². The number of carbonyl (C=O) groups excluding carboxylic acids is 2. The van der Waals surface area contributed by atoms with Gasteiger partial charge in [-0.25, -0.2) is 0 Å². The number of aliphatic hydroxyl groups excluding tert-OH is 1. The van der Waals surface area contributed by atoms with Crippen molar-refractivity contribution >= 4 is 11.6 Å². The SMILES string of the molecule is CC12CC(O)C3C(CCC4CC(=O)CNC43C)C1CCC2=O. The van der Waals surface area contributed by atoms with Gasteiger partial charge in [-0.05, 0) is 50.4 Å². The Labute approximate surface area is 132 Å². The summed E-state index contributed by atoms with van der Waals surface area (Å²) < 4.78 is 0. The molecule has 4 fully saturated rings. The Morgan fingerprint density at radius 3 is 2.73 bits per heavy atom. The van der Waals surface area contributed by atoms with Crippen molar-refractivity contribution in [1.29, 1.82) is 0 Å². The van der Waals surface area contributed by atoms with Gasteiger partial charge in [-0.1, -0.05) is 6.92 Å². The summed E-state index contributed by atoms with van der Waals surface area (Å²) in [5, 5.41) is 14.4. The van der Waals surface area contributed by atoms with Crippen LogP contribution in [0.25, 0.3) is 0 Å². The summed E-state index contributed by atoms with van der Waals surface area (Å²) in [4.78, 5) is 24.2. The Morgan fingerprint density at radius 1 is 1.18 bits per heavy atom. The van der Waals surface area contributed by atoms with Crippen LogP contribution in [0, 0.1) is 29.1 Å². The first-order valence-corrected chi connectivity index (χ1v) is 8.84. The van der Waals surface area contributed by atoms with Crippen molar-refractivity contribution in [3.8, 4) is 0 Å². The van der Waals surface area contributed by atoms with Crippen molar-refractivity contribution in [1.82, 2.24) is 5.32 Å². The first kappa shape index (κ1) is 14.8. The van der Waals surface area contributed by atoms with E-state index in [1.54, 1.807) is 0 Å². The molecule has 4 aliphatic rings. The van der Waals surface area contributed by atoms with E-state index in [9.17, 15) is 14.7 Å². The molecule has 0 spiro atoms. The zero-order chi connectivity index (χ0) is 15.7. The number of nitrogens with one attached hydrogen (secondary N) is 1. The van der Waals surface area contributed by atoms with E-state index in [2.05, 4.69) is 19.2 Å². The Kier molecular flexibility index (Phi) is 3.12. The topological polar surface area (TPSA) is 66.4 Å². The fourth-order valence-corrected chi connectivity index (χ4v) is 6.55. The van der Waals surface area contributed by atoms with Gasteiger partial charge in [0.1, 0.15) is 11.6 Å². The van der Waals surface area contributed by atoms with Crippen molar-refractivity contribution in [2.75, 3.05) is 6.54 Å². The van der Waals surface area contributed by atoms with Crippen molar-refractivity contribution in [3.05, 3.63) is 0 Å². The van der Waals surface area contributed by atoms with Gasteiger partial charge in [0.15, 0.2) is 0 Å². The number of carbonyl (C=O) groups is 2. The molecule has 0 radical (unpaired) electrons. The predicted octanol–water partition coefficient (Wildman–Crippen LogP) is 1.70. The van der Waals surface area contributed by atoms with E-state index < -0.39 is 6.10 Å². The summed E-state index contributed by atoms with van der Waals surface area (Å²) in [6.07, 6.45) is 4.61. The van der Waals surface area contributed by atoms with Crippen LogP contribution < -0.4 is 5.32 Å². The molecule has 4 heteroatoms. The van der Waals surface area contributed by atoms with E-state index in [0.29, 0.717) is 55.1 Å². The second-order valence-corrected chi connectivity index (χ2v) is 8.60. The van der Waals surface area contributed by atoms with Gasteiger partial charge in [0.2, 0.25) is 0 Å². The van der Waals surface area contributed by atoms with E-state index in [1.165, 1.54) is 0 Å². The van der Waals surface area contributed by atoms with Crippen LogP contribution in [0.1, 0.15) is 52.4 Å². The average molecular weight is 305 g/mol. The van der Waals surface area contributed by atoms with Gasteiger partial charge in [0, 0.05) is 29.7 Å². The lowest BCUT2D eigenvalue weighted by molar-refractivity contribution is -0.156. The van der Waals surface area contributed by atoms with Crippen LogP contribution in [-0.4, -0.2) is 34.9 Å². The third-order valence-corrected chi connectivity index (χ3v) is 7.69. The lowest BCUT2D eigenvalue weighted by Crippen LogP contribution is -2.69. The quantitative estimate of drug-likeness (QED) is 0.715. The number of hydrogen-bond donors (Lipinski definition) is 2. The molecule has 3 saturated carbocycles. The average Bonchev–Trinajstić information content (AvgIpc) is 2.75. The van der Waals surface area contributed by atoms with Crippen LogP contribution in [0.15, 0.2) is 0 Å².